The number of hydrogen-bond acceptors (Lipinski definition) is 3. The first-order chi connectivity index (χ1) is 8.20. The zero-order chi connectivity index (χ0) is 12.7. The molecule has 0 fully saturated rings. The minimum Gasteiger partial charge on any atom is -0.335 e. The molecule has 1 amide bonds. The summed E-state index contributed by atoms with van der Waals surface area (Å²) in [5, 5.41) is 0. The largest absolute Gasteiger partial charge is 0.335 e. The number of nitrogens with zero attached hydrogens (tertiary/aromatic N) is 3. The SMILES string of the molecule is CCCCN(C(=O)c1cnccn1)C(C)CC. The molecule has 94 valence electrons. The summed E-state index contributed by atoms with van der Waals surface area (Å²) in [6.45, 7) is 7.08. The van der Waals surface area contributed by atoms with Crippen LogP contribution in [0.5, 0.6) is 0 Å². The van der Waals surface area contributed by atoms with Gasteiger partial charge in [0.15, 0.2) is 0 Å². The van der Waals surface area contributed by atoms with Gasteiger partial charge < -0.3 is 4.90 Å². The Labute approximate surface area is 103 Å². The van der Waals surface area contributed by atoms with Crippen molar-refractivity contribution in [3.8, 4) is 0 Å². The Morgan fingerprint density at radius 1 is 1.41 bits per heavy atom. The Balaban J connectivity index is 2.79. The van der Waals surface area contributed by atoms with Crippen molar-refractivity contribution in [3.63, 3.8) is 0 Å². The van der Waals surface area contributed by atoms with Gasteiger partial charge in [-0.3, -0.25) is 9.78 Å². The molecular formula is C13H21N3O. The van der Waals surface area contributed by atoms with Crippen LogP contribution in [0.1, 0.15) is 50.5 Å². The molecule has 1 rings (SSSR count). The second-order valence-electron chi connectivity index (χ2n) is 4.20. The molecule has 1 unspecified atom stereocenters. The van der Waals surface area contributed by atoms with Crippen molar-refractivity contribution in [3.05, 3.63) is 24.3 Å². The second kappa shape index (κ2) is 6.99. The summed E-state index contributed by atoms with van der Waals surface area (Å²) in [4.78, 5) is 22.2. The summed E-state index contributed by atoms with van der Waals surface area (Å²) in [7, 11) is 0. The molecule has 4 heteroatoms. The standard InChI is InChI=1S/C13H21N3O/c1-4-6-9-16(11(3)5-2)13(17)12-10-14-7-8-15-12/h7-8,10-11H,4-6,9H2,1-3H3. The lowest BCUT2D eigenvalue weighted by Crippen LogP contribution is -2.39. The minimum atomic E-state index is -0.0131. The van der Waals surface area contributed by atoms with E-state index in [1.165, 1.54) is 6.20 Å². The van der Waals surface area contributed by atoms with Crippen LogP contribution in [0.2, 0.25) is 0 Å². The molecule has 1 aromatic rings. The lowest BCUT2D eigenvalue weighted by Gasteiger charge is -2.28. The molecule has 1 aromatic heterocycles. The highest BCUT2D eigenvalue weighted by atomic mass is 16.2. The van der Waals surface area contributed by atoms with Crippen LogP contribution < -0.4 is 0 Å². The second-order valence-corrected chi connectivity index (χ2v) is 4.20. The summed E-state index contributed by atoms with van der Waals surface area (Å²) in [5.41, 5.74) is 0.434. The molecule has 0 saturated heterocycles. The van der Waals surface area contributed by atoms with Crippen molar-refractivity contribution in [2.24, 2.45) is 0 Å². The van der Waals surface area contributed by atoms with E-state index in [2.05, 4.69) is 30.7 Å². The predicted molar refractivity (Wildman–Crippen MR) is 67.7 cm³/mol. The van der Waals surface area contributed by atoms with E-state index in [0.29, 0.717) is 5.69 Å². The van der Waals surface area contributed by atoms with E-state index >= 15 is 0 Å². The molecule has 0 bridgehead atoms. The summed E-state index contributed by atoms with van der Waals surface area (Å²) in [6.07, 6.45) is 7.73. The predicted octanol–water partition coefficient (Wildman–Crippen LogP) is 2.52. The van der Waals surface area contributed by atoms with Crippen molar-refractivity contribution in [2.45, 2.75) is 46.1 Å². The van der Waals surface area contributed by atoms with Gasteiger partial charge in [0.05, 0.1) is 6.20 Å². The molecule has 1 atom stereocenters. The van der Waals surface area contributed by atoms with Gasteiger partial charge in [-0.05, 0) is 19.8 Å². The molecule has 0 spiro atoms. The molecule has 0 N–H and O–H groups in total. The monoisotopic (exact) mass is 235 g/mol. The van der Waals surface area contributed by atoms with Gasteiger partial charge in [-0.2, -0.15) is 0 Å². The van der Waals surface area contributed by atoms with E-state index in [1.807, 2.05) is 4.90 Å². The fraction of sp³-hybridized carbons (Fsp3) is 0.615. The van der Waals surface area contributed by atoms with Crippen LogP contribution in [-0.4, -0.2) is 33.4 Å². The Hall–Kier alpha value is -1.45. The van der Waals surface area contributed by atoms with E-state index in [-0.39, 0.29) is 11.9 Å². The lowest BCUT2D eigenvalue weighted by atomic mass is 10.2. The third-order valence-corrected chi connectivity index (χ3v) is 2.92. The highest BCUT2D eigenvalue weighted by Crippen LogP contribution is 2.10. The molecule has 1 heterocycles. The molecule has 0 aliphatic heterocycles. The third-order valence-electron chi connectivity index (χ3n) is 2.92. The zero-order valence-corrected chi connectivity index (χ0v) is 10.9. The maximum Gasteiger partial charge on any atom is 0.274 e. The fourth-order valence-electron chi connectivity index (χ4n) is 1.63. The van der Waals surface area contributed by atoms with Gasteiger partial charge in [0.2, 0.25) is 0 Å². The topological polar surface area (TPSA) is 46.1 Å². The smallest absolute Gasteiger partial charge is 0.274 e. The van der Waals surface area contributed by atoms with Crippen molar-refractivity contribution in [2.75, 3.05) is 6.54 Å². The lowest BCUT2D eigenvalue weighted by molar-refractivity contribution is 0.0678. The Morgan fingerprint density at radius 3 is 2.71 bits per heavy atom. The average Bonchev–Trinajstić information content (AvgIpc) is 2.39. The van der Waals surface area contributed by atoms with Gasteiger partial charge in [-0.25, -0.2) is 4.98 Å². The number of hydrogen-bond donors (Lipinski definition) is 0. The van der Waals surface area contributed by atoms with E-state index in [1.54, 1.807) is 12.4 Å². The molecule has 0 aromatic carbocycles. The first kappa shape index (κ1) is 13.6. The number of carbonyl (C=O) groups excluding carboxylic acids is 1. The Bertz CT molecular complexity index is 340. The van der Waals surface area contributed by atoms with E-state index in [4.69, 9.17) is 0 Å². The molecule has 17 heavy (non-hydrogen) atoms. The maximum absolute atomic E-state index is 12.3. The quantitative estimate of drug-likeness (QED) is 0.761. The number of carbonyl (C=O) groups is 1. The number of rotatable bonds is 6. The van der Waals surface area contributed by atoms with Crippen molar-refractivity contribution >= 4 is 5.91 Å². The highest BCUT2D eigenvalue weighted by molar-refractivity contribution is 5.92. The van der Waals surface area contributed by atoms with Gasteiger partial charge in [-0.15, -0.1) is 0 Å². The molecule has 0 aliphatic carbocycles. The van der Waals surface area contributed by atoms with Crippen molar-refractivity contribution in [1.82, 2.24) is 14.9 Å². The maximum atomic E-state index is 12.3. The van der Waals surface area contributed by atoms with Crippen LogP contribution in [0.3, 0.4) is 0 Å². The van der Waals surface area contributed by atoms with E-state index < -0.39 is 0 Å². The molecular weight excluding hydrogens is 214 g/mol. The molecule has 4 nitrogen and oxygen atoms in total. The average molecular weight is 235 g/mol. The summed E-state index contributed by atoms with van der Waals surface area (Å²) < 4.78 is 0. The fourth-order valence-corrected chi connectivity index (χ4v) is 1.63. The number of unbranched alkanes of at least 4 members (excludes halogenated alkanes) is 1. The summed E-state index contributed by atoms with van der Waals surface area (Å²) in [6, 6.07) is 0.246. The van der Waals surface area contributed by atoms with E-state index in [0.717, 1.165) is 25.8 Å². The Morgan fingerprint density at radius 2 is 2.18 bits per heavy atom. The van der Waals surface area contributed by atoms with Crippen LogP contribution in [0.25, 0.3) is 0 Å². The van der Waals surface area contributed by atoms with Crippen LogP contribution >= 0.6 is 0 Å². The molecule has 0 radical (unpaired) electrons. The van der Waals surface area contributed by atoms with Gasteiger partial charge in [0.25, 0.3) is 5.91 Å². The van der Waals surface area contributed by atoms with Gasteiger partial charge in [0, 0.05) is 25.0 Å². The van der Waals surface area contributed by atoms with Crippen LogP contribution in [0.15, 0.2) is 18.6 Å². The zero-order valence-electron chi connectivity index (χ0n) is 10.9. The van der Waals surface area contributed by atoms with Gasteiger partial charge in [0.1, 0.15) is 5.69 Å². The van der Waals surface area contributed by atoms with Gasteiger partial charge in [-0.1, -0.05) is 20.3 Å². The van der Waals surface area contributed by atoms with Crippen molar-refractivity contribution < 1.29 is 4.79 Å². The number of amides is 1. The number of aromatic nitrogens is 2. The first-order valence-electron chi connectivity index (χ1n) is 6.27. The molecule has 0 saturated carbocycles. The van der Waals surface area contributed by atoms with Gasteiger partial charge >= 0.3 is 0 Å². The first-order valence-corrected chi connectivity index (χ1v) is 6.27. The third kappa shape index (κ3) is 3.80. The Kier molecular flexibility index (Phi) is 5.60. The minimum absolute atomic E-state index is 0.0131. The summed E-state index contributed by atoms with van der Waals surface area (Å²) >= 11 is 0. The molecule has 0 aliphatic rings. The highest BCUT2D eigenvalue weighted by Gasteiger charge is 2.20. The summed E-state index contributed by atoms with van der Waals surface area (Å²) in [5.74, 6) is -0.0131. The van der Waals surface area contributed by atoms with E-state index in [9.17, 15) is 4.79 Å². The van der Waals surface area contributed by atoms with Crippen LogP contribution in [-0.2, 0) is 0 Å². The van der Waals surface area contributed by atoms with Crippen LogP contribution in [0.4, 0.5) is 0 Å². The van der Waals surface area contributed by atoms with Crippen LogP contribution in [0, 0.1) is 0 Å². The normalized spacial score (nSPS) is 12.2. The van der Waals surface area contributed by atoms with Crippen molar-refractivity contribution in [1.29, 1.82) is 0 Å².